The number of aromatic nitrogens is 3. The molecule has 174 valence electrons. The van der Waals surface area contributed by atoms with Gasteiger partial charge in [-0.1, -0.05) is 6.07 Å². The predicted octanol–water partition coefficient (Wildman–Crippen LogP) is 4.10. The van der Waals surface area contributed by atoms with Crippen LogP contribution in [0, 0.1) is 5.92 Å². The number of ether oxygens (including phenoxy) is 1. The van der Waals surface area contributed by atoms with Crippen LogP contribution < -0.4 is 0 Å². The molecule has 0 N–H and O–H groups in total. The summed E-state index contributed by atoms with van der Waals surface area (Å²) in [6.07, 6.45) is 1.51. The molecule has 1 aromatic carbocycles. The van der Waals surface area contributed by atoms with Crippen molar-refractivity contribution in [3.8, 4) is 11.5 Å². The zero-order chi connectivity index (χ0) is 23.6. The Morgan fingerprint density at radius 2 is 1.94 bits per heavy atom. The van der Waals surface area contributed by atoms with Gasteiger partial charge in [-0.3, -0.25) is 9.59 Å². The number of hydrogen-bond acceptors (Lipinski definition) is 4. The second kappa shape index (κ2) is 9.13. The highest BCUT2D eigenvalue weighted by Gasteiger charge is 2.33. The first-order chi connectivity index (χ1) is 15.8. The van der Waals surface area contributed by atoms with Gasteiger partial charge in [-0.25, -0.2) is 4.68 Å². The summed E-state index contributed by atoms with van der Waals surface area (Å²) in [5.41, 5.74) is -0.404. The van der Waals surface area contributed by atoms with Gasteiger partial charge in [-0.05, 0) is 50.1 Å². The van der Waals surface area contributed by atoms with Crippen LogP contribution in [0.2, 0.25) is 0 Å². The lowest BCUT2D eigenvalue weighted by Gasteiger charge is -2.31. The van der Waals surface area contributed by atoms with Gasteiger partial charge in [-0.15, -0.1) is 0 Å². The average molecular weight is 460 g/mol. The van der Waals surface area contributed by atoms with Crippen LogP contribution in [0.1, 0.15) is 35.7 Å². The van der Waals surface area contributed by atoms with Crippen molar-refractivity contribution >= 4 is 11.9 Å². The normalized spacial score (nSPS) is 16.6. The SMILES string of the molecule is CCOC(=O)C1CCCN(C(=O)c2cnn(-c3cccc(C(F)(F)F)c3)c2-n2cccc2)C1. The molecule has 1 atom stereocenters. The third kappa shape index (κ3) is 4.64. The third-order valence-electron chi connectivity index (χ3n) is 5.57. The van der Waals surface area contributed by atoms with Crippen molar-refractivity contribution in [2.45, 2.75) is 25.9 Å². The van der Waals surface area contributed by atoms with E-state index < -0.39 is 17.7 Å². The zero-order valence-corrected chi connectivity index (χ0v) is 18.0. The number of benzene rings is 1. The van der Waals surface area contributed by atoms with Gasteiger partial charge in [-0.2, -0.15) is 18.3 Å². The predicted molar refractivity (Wildman–Crippen MR) is 113 cm³/mol. The van der Waals surface area contributed by atoms with Crippen molar-refractivity contribution in [3.63, 3.8) is 0 Å². The Kier molecular flexibility index (Phi) is 6.26. The number of piperidine rings is 1. The molecule has 3 aromatic rings. The molecular formula is C23H23F3N4O3. The fraction of sp³-hybridized carbons (Fsp3) is 0.348. The highest BCUT2D eigenvalue weighted by Crippen LogP contribution is 2.31. The van der Waals surface area contributed by atoms with Gasteiger partial charge in [0.2, 0.25) is 0 Å². The van der Waals surface area contributed by atoms with Crippen molar-refractivity contribution in [3.05, 3.63) is 66.1 Å². The molecule has 1 aliphatic rings. The van der Waals surface area contributed by atoms with Crippen LogP contribution in [-0.4, -0.2) is 50.8 Å². The molecular weight excluding hydrogens is 437 g/mol. The first-order valence-corrected chi connectivity index (χ1v) is 10.6. The Labute approximate surface area is 188 Å². The number of nitrogens with zero attached hydrogens (tertiary/aromatic N) is 4. The number of halogens is 3. The van der Waals surface area contributed by atoms with E-state index in [1.165, 1.54) is 23.0 Å². The van der Waals surface area contributed by atoms with E-state index >= 15 is 0 Å². The summed E-state index contributed by atoms with van der Waals surface area (Å²) in [6, 6.07) is 8.27. The Morgan fingerprint density at radius 1 is 1.18 bits per heavy atom. The van der Waals surface area contributed by atoms with Crippen LogP contribution in [0.4, 0.5) is 13.2 Å². The van der Waals surface area contributed by atoms with Crippen molar-refractivity contribution in [1.82, 2.24) is 19.2 Å². The number of carbonyl (C=O) groups excluding carboxylic acids is 2. The number of likely N-dealkylation sites (tertiary alicyclic amines) is 1. The maximum absolute atomic E-state index is 13.4. The molecule has 0 radical (unpaired) electrons. The molecule has 1 aliphatic heterocycles. The van der Waals surface area contributed by atoms with Crippen LogP contribution in [0.5, 0.6) is 0 Å². The fourth-order valence-corrected chi connectivity index (χ4v) is 4.00. The van der Waals surface area contributed by atoms with Crippen molar-refractivity contribution in [2.75, 3.05) is 19.7 Å². The van der Waals surface area contributed by atoms with Crippen LogP contribution in [0.3, 0.4) is 0 Å². The summed E-state index contributed by atoms with van der Waals surface area (Å²) in [7, 11) is 0. The van der Waals surface area contributed by atoms with Crippen LogP contribution in [0.25, 0.3) is 11.5 Å². The lowest BCUT2D eigenvalue weighted by Crippen LogP contribution is -2.43. The summed E-state index contributed by atoms with van der Waals surface area (Å²) in [5.74, 6) is -0.759. The number of alkyl halides is 3. The highest BCUT2D eigenvalue weighted by atomic mass is 19.4. The van der Waals surface area contributed by atoms with Crippen LogP contribution in [0.15, 0.2) is 55.0 Å². The van der Waals surface area contributed by atoms with E-state index in [1.54, 1.807) is 40.9 Å². The van der Waals surface area contributed by atoms with E-state index in [-0.39, 0.29) is 36.3 Å². The fourth-order valence-electron chi connectivity index (χ4n) is 4.00. The summed E-state index contributed by atoms with van der Waals surface area (Å²) < 4.78 is 47.8. The number of hydrogen-bond donors (Lipinski definition) is 0. The van der Waals surface area contributed by atoms with Crippen molar-refractivity contribution in [1.29, 1.82) is 0 Å². The minimum Gasteiger partial charge on any atom is -0.466 e. The molecule has 4 rings (SSSR count). The molecule has 0 spiro atoms. The molecule has 0 bridgehead atoms. The molecule has 0 saturated carbocycles. The van der Waals surface area contributed by atoms with E-state index in [2.05, 4.69) is 5.10 Å². The third-order valence-corrected chi connectivity index (χ3v) is 5.57. The molecule has 3 heterocycles. The summed E-state index contributed by atoms with van der Waals surface area (Å²) >= 11 is 0. The first kappa shape index (κ1) is 22.6. The molecule has 1 fully saturated rings. The van der Waals surface area contributed by atoms with Gasteiger partial charge in [0.15, 0.2) is 5.82 Å². The van der Waals surface area contributed by atoms with Gasteiger partial charge >= 0.3 is 12.1 Å². The molecule has 1 saturated heterocycles. The van der Waals surface area contributed by atoms with E-state index in [0.717, 1.165) is 12.1 Å². The Morgan fingerprint density at radius 3 is 2.64 bits per heavy atom. The second-order valence-electron chi connectivity index (χ2n) is 7.77. The smallest absolute Gasteiger partial charge is 0.416 e. The molecule has 1 amide bonds. The molecule has 33 heavy (non-hydrogen) atoms. The Bertz CT molecular complexity index is 1140. The van der Waals surface area contributed by atoms with Gasteiger partial charge in [0.1, 0.15) is 5.56 Å². The van der Waals surface area contributed by atoms with E-state index in [4.69, 9.17) is 4.74 Å². The first-order valence-electron chi connectivity index (χ1n) is 10.6. The minimum absolute atomic E-state index is 0.176. The standard InChI is InChI=1S/C23H23F3N4O3/c1-2-33-22(32)16-7-6-12-29(15-16)21(31)19-14-27-30(20(19)28-10-3-4-11-28)18-9-5-8-17(13-18)23(24,25)26/h3-5,8-11,13-14,16H,2,6-7,12,15H2,1H3. The van der Waals surface area contributed by atoms with Crippen molar-refractivity contribution < 1.29 is 27.5 Å². The summed E-state index contributed by atoms with van der Waals surface area (Å²) in [5, 5.41) is 4.25. The van der Waals surface area contributed by atoms with Crippen LogP contribution >= 0.6 is 0 Å². The average Bonchev–Trinajstić information content (AvgIpc) is 3.48. The molecule has 10 heteroatoms. The lowest BCUT2D eigenvalue weighted by molar-refractivity contribution is -0.149. The van der Waals surface area contributed by atoms with Crippen molar-refractivity contribution in [2.24, 2.45) is 5.92 Å². The molecule has 1 unspecified atom stereocenters. The Hall–Kier alpha value is -3.56. The maximum atomic E-state index is 13.4. The van der Waals surface area contributed by atoms with Gasteiger partial charge in [0.05, 0.1) is 30.0 Å². The van der Waals surface area contributed by atoms with Gasteiger partial charge < -0.3 is 14.2 Å². The topological polar surface area (TPSA) is 69.4 Å². The summed E-state index contributed by atoms with van der Waals surface area (Å²) in [4.78, 5) is 27.2. The minimum atomic E-state index is -4.51. The quantitative estimate of drug-likeness (QED) is 0.538. The largest absolute Gasteiger partial charge is 0.466 e. The number of carbonyl (C=O) groups is 2. The lowest BCUT2D eigenvalue weighted by atomic mass is 9.97. The van der Waals surface area contributed by atoms with Gasteiger partial charge in [0, 0.05) is 25.5 Å². The molecule has 0 aliphatic carbocycles. The number of amides is 1. The molecule has 2 aromatic heterocycles. The van der Waals surface area contributed by atoms with Crippen LogP contribution in [-0.2, 0) is 15.7 Å². The maximum Gasteiger partial charge on any atom is 0.416 e. The van der Waals surface area contributed by atoms with E-state index in [1.807, 2.05) is 0 Å². The summed E-state index contributed by atoms with van der Waals surface area (Å²) in [6.45, 7) is 2.69. The monoisotopic (exact) mass is 460 g/mol. The number of rotatable bonds is 5. The Balaban J connectivity index is 1.71. The zero-order valence-electron chi connectivity index (χ0n) is 18.0. The van der Waals surface area contributed by atoms with Gasteiger partial charge in [0.25, 0.3) is 5.91 Å². The second-order valence-corrected chi connectivity index (χ2v) is 7.77. The number of esters is 1. The highest BCUT2D eigenvalue weighted by molar-refractivity contribution is 5.97. The van der Waals surface area contributed by atoms with E-state index in [0.29, 0.717) is 25.2 Å². The molecule has 7 nitrogen and oxygen atoms in total. The van der Waals surface area contributed by atoms with E-state index in [9.17, 15) is 22.8 Å².